The molecule has 0 radical (unpaired) electrons. The van der Waals surface area contributed by atoms with Crippen LogP contribution in [0.2, 0.25) is 0 Å². The summed E-state index contributed by atoms with van der Waals surface area (Å²) in [7, 11) is 2.15. The first-order valence-electron chi connectivity index (χ1n) is 9.18. The number of rotatable bonds is 1. The Kier molecular flexibility index (Phi) is 4.29. The van der Waals surface area contributed by atoms with Crippen LogP contribution < -0.4 is 15.0 Å². The second-order valence-corrected chi connectivity index (χ2v) is 7.33. The van der Waals surface area contributed by atoms with Crippen LogP contribution in [0.4, 0.5) is 5.82 Å². The normalized spacial score (nSPS) is 30.4. The molecule has 3 unspecified atom stereocenters. The molecule has 0 aromatic carbocycles. The van der Waals surface area contributed by atoms with Crippen molar-refractivity contribution in [1.82, 2.24) is 20.1 Å². The molecule has 1 aromatic rings. The molecule has 0 spiro atoms. The molecule has 4 heterocycles. The van der Waals surface area contributed by atoms with Gasteiger partial charge in [-0.3, -0.25) is 9.69 Å². The van der Waals surface area contributed by atoms with Gasteiger partial charge in [0.15, 0.2) is 0 Å². The van der Waals surface area contributed by atoms with E-state index in [1.807, 2.05) is 11.0 Å². The van der Waals surface area contributed by atoms with Crippen molar-refractivity contribution in [1.29, 1.82) is 0 Å². The minimum Gasteiger partial charge on any atom is -0.490 e. The number of aromatic nitrogens is 1. The van der Waals surface area contributed by atoms with E-state index in [-0.39, 0.29) is 18.0 Å². The van der Waals surface area contributed by atoms with Gasteiger partial charge in [0.05, 0.1) is 6.04 Å². The lowest BCUT2D eigenvalue weighted by molar-refractivity contribution is 0.0606. The summed E-state index contributed by atoms with van der Waals surface area (Å²) in [6, 6.07) is 2.60. The number of hydrogen-bond donors (Lipinski definition) is 1. The van der Waals surface area contributed by atoms with Crippen LogP contribution in [0.25, 0.3) is 0 Å². The number of pyridine rings is 1. The summed E-state index contributed by atoms with van der Waals surface area (Å²) < 4.78 is 6.02. The molecule has 2 saturated heterocycles. The number of nitrogens with zero attached hydrogens (tertiary/aromatic N) is 4. The second-order valence-electron chi connectivity index (χ2n) is 7.33. The van der Waals surface area contributed by atoms with E-state index in [9.17, 15) is 4.79 Å². The molecule has 1 N–H and O–H groups in total. The molecule has 1 amide bonds. The van der Waals surface area contributed by atoms with E-state index in [1.165, 1.54) is 0 Å². The van der Waals surface area contributed by atoms with Gasteiger partial charge in [0.25, 0.3) is 5.91 Å². The van der Waals surface area contributed by atoms with Crippen molar-refractivity contribution < 1.29 is 9.53 Å². The molecule has 136 valence electrons. The summed E-state index contributed by atoms with van der Waals surface area (Å²) in [6.07, 6.45) is 1.76. The van der Waals surface area contributed by atoms with Gasteiger partial charge in [-0.25, -0.2) is 4.98 Å². The van der Waals surface area contributed by atoms with Gasteiger partial charge in [-0.05, 0) is 27.0 Å². The Labute approximate surface area is 148 Å². The number of anilines is 1. The van der Waals surface area contributed by atoms with Crippen LogP contribution in [0.5, 0.6) is 5.75 Å². The van der Waals surface area contributed by atoms with Gasteiger partial charge in [0.1, 0.15) is 23.7 Å². The van der Waals surface area contributed by atoms with E-state index in [1.54, 1.807) is 6.20 Å². The molecule has 25 heavy (non-hydrogen) atoms. The fourth-order valence-electron chi connectivity index (χ4n) is 4.08. The van der Waals surface area contributed by atoms with Gasteiger partial charge in [0.2, 0.25) is 0 Å². The first kappa shape index (κ1) is 16.6. The van der Waals surface area contributed by atoms with Crippen LogP contribution in [0.1, 0.15) is 24.2 Å². The Morgan fingerprint density at radius 1 is 1.20 bits per heavy atom. The number of nitrogens with one attached hydrogen (secondary N) is 1. The Morgan fingerprint density at radius 2 is 2.04 bits per heavy atom. The quantitative estimate of drug-likeness (QED) is 0.796. The highest BCUT2D eigenvalue weighted by Gasteiger charge is 2.38. The second kappa shape index (κ2) is 6.46. The molecular weight excluding hydrogens is 318 g/mol. The molecule has 4 rings (SSSR count). The van der Waals surface area contributed by atoms with Crippen LogP contribution in [-0.4, -0.2) is 85.2 Å². The van der Waals surface area contributed by atoms with Crippen molar-refractivity contribution in [3.8, 4) is 5.75 Å². The predicted molar refractivity (Wildman–Crippen MR) is 96.3 cm³/mol. The van der Waals surface area contributed by atoms with Crippen molar-refractivity contribution in [2.75, 3.05) is 51.3 Å². The zero-order valence-electron chi connectivity index (χ0n) is 15.2. The lowest BCUT2D eigenvalue weighted by atomic mass is 10.0. The number of ether oxygens (including phenoxy) is 1. The summed E-state index contributed by atoms with van der Waals surface area (Å²) in [5.41, 5.74) is 0.635. The Bertz CT molecular complexity index is 667. The van der Waals surface area contributed by atoms with E-state index in [2.05, 4.69) is 41.0 Å². The summed E-state index contributed by atoms with van der Waals surface area (Å²) >= 11 is 0. The number of likely N-dealkylation sites (N-methyl/N-ethyl adjacent to an activating group) is 1. The summed E-state index contributed by atoms with van der Waals surface area (Å²) in [6.45, 7) is 9.12. The molecule has 7 nitrogen and oxygen atoms in total. The molecule has 3 atom stereocenters. The average molecular weight is 345 g/mol. The van der Waals surface area contributed by atoms with Gasteiger partial charge in [-0.2, -0.15) is 0 Å². The third kappa shape index (κ3) is 2.75. The van der Waals surface area contributed by atoms with Crippen LogP contribution in [-0.2, 0) is 0 Å². The zero-order valence-corrected chi connectivity index (χ0v) is 15.2. The maximum atomic E-state index is 13.3. The topological polar surface area (TPSA) is 60.9 Å². The molecule has 7 heteroatoms. The Morgan fingerprint density at radius 3 is 2.88 bits per heavy atom. The number of hydrogen-bond acceptors (Lipinski definition) is 6. The highest BCUT2D eigenvalue weighted by Crippen LogP contribution is 2.34. The monoisotopic (exact) mass is 345 g/mol. The number of carbonyl (C=O) groups excluding carboxylic acids is 1. The fourth-order valence-corrected chi connectivity index (χ4v) is 4.08. The molecule has 3 aliphatic heterocycles. The third-order valence-corrected chi connectivity index (χ3v) is 6.00. The maximum Gasteiger partial charge on any atom is 0.261 e. The molecule has 2 fully saturated rings. The van der Waals surface area contributed by atoms with Gasteiger partial charge in [-0.1, -0.05) is 0 Å². The predicted octanol–water partition coefficient (Wildman–Crippen LogP) is 0.417. The summed E-state index contributed by atoms with van der Waals surface area (Å²) in [5.74, 6) is 1.50. The average Bonchev–Trinajstić information content (AvgIpc) is 2.78. The van der Waals surface area contributed by atoms with E-state index in [0.717, 1.165) is 38.5 Å². The molecule has 0 bridgehead atoms. The van der Waals surface area contributed by atoms with Crippen LogP contribution in [0.3, 0.4) is 0 Å². The summed E-state index contributed by atoms with van der Waals surface area (Å²) in [5, 5.41) is 3.35. The van der Waals surface area contributed by atoms with Crippen molar-refractivity contribution in [3.05, 3.63) is 17.8 Å². The molecule has 1 aromatic heterocycles. The molecule has 3 aliphatic rings. The van der Waals surface area contributed by atoms with Gasteiger partial charge in [0, 0.05) is 51.0 Å². The van der Waals surface area contributed by atoms with Crippen molar-refractivity contribution in [3.63, 3.8) is 0 Å². The number of amides is 1. The van der Waals surface area contributed by atoms with Crippen LogP contribution in [0, 0.1) is 0 Å². The lowest BCUT2D eigenvalue weighted by Gasteiger charge is -2.44. The van der Waals surface area contributed by atoms with Gasteiger partial charge >= 0.3 is 0 Å². The molecular formula is C18H27N5O2. The van der Waals surface area contributed by atoms with E-state index >= 15 is 0 Å². The van der Waals surface area contributed by atoms with Crippen molar-refractivity contribution >= 4 is 11.7 Å². The largest absolute Gasteiger partial charge is 0.490 e. The van der Waals surface area contributed by atoms with Crippen LogP contribution in [0.15, 0.2) is 12.3 Å². The van der Waals surface area contributed by atoms with Crippen molar-refractivity contribution in [2.24, 2.45) is 0 Å². The minimum absolute atomic E-state index is 0.0564. The van der Waals surface area contributed by atoms with Gasteiger partial charge in [-0.15, -0.1) is 0 Å². The Hall–Kier alpha value is -1.86. The lowest BCUT2D eigenvalue weighted by Crippen LogP contribution is -2.57. The number of fused-ring (bicyclic) bond motifs is 2. The highest BCUT2D eigenvalue weighted by atomic mass is 16.5. The van der Waals surface area contributed by atoms with Crippen LogP contribution >= 0.6 is 0 Å². The minimum atomic E-state index is 0.0564. The Balaban J connectivity index is 1.73. The molecule has 0 aliphatic carbocycles. The maximum absolute atomic E-state index is 13.3. The first-order chi connectivity index (χ1) is 12.1. The van der Waals surface area contributed by atoms with E-state index in [4.69, 9.17) is 4.74 Å². The smallest absolute Gasteiger partial charge is 0.261 e. The number of piperazine rings is 2. The standard InChI is InChI=1S/C18H27N5O2/c1-12-13(2)22(9-8-21(12)3)17-16-15(4-5-20-17)25-11-14-10-19-6-7-23(14)18(16)24/h4-5,12-14,19H,6-11H2,1-3H3. The number of carbonyl (C=O) groups is 1. The van der Waals surface area contributed by atoms with Crippen molar-refractivity contribution in [2.45, 2.75) is 32.0 Å². The summed E-state index contributed by atoms with van der Waals surface area (Å²) in [4.78, 5) is 24.5. The zero-order chi connectivity index (χ0) is 17.6. The third-order valence-electron chi connectivity index (χ3n) is 6.00. The molecule has 0 saturated carbocycles. The first-order valence-corrected chi connectivity index (χ1v) is 9.18. The van der Waals surface area contributed by atoms with E-state index < -0.39 is 0 Å². The fraction of sp³-hybridized carbons (Fsp3) is 0.667. The van der Waals surface area contributed by atoms with Gasteiger partial charge < -0.3 is 19.9 Å². The SMILES string of the molecule is CC1C(C)N(c2nccc3c2C(=O)N2CCNCC2CO3)CCN1C. The highest BCUT2D eigenvalue weighted by molar-refractivity contribution is 6.02. The van der Waals surface area contributed by atoms with E-state index in [0.29, 0.717) is 24.0 Å².